The van der Waals surface area contributed by atoms with Crippen molar-refractivity contribution in [1.82, 2.24) is 9.80 Å². The first-order chi connectivity index (χ1) is 13.1. The van der Waals surface area contributed by atoms with E-state index in [1.807, 2.05) is 12.1 Å². The highest BCUT2D eigenvalue weighted by Crippen LogP contribution is 2.41. The van der Waals surface area contributed by atoms with Crippen LogP contribution in [0.4, 0.5) is 0 Å². The summed E-state index contributed by atoms with van der Waals surface area (Å²) < 4.78 is 0. The Hall–Kier alpha value is -2.17. The van der Waals surface area contributed by atoms with Crippen LogP contribution >= 0.6 is 0 Å². The van der Waals surface area contributed by atoms with Gasteiger partial charge in [-0.05, 0) is 67.6 Å². The zero-order chi connectivity index (χ0) is 18.7. The van der Waals surface area contributed by atoms with Crippen LogP contribution in [0.3, 0.4) is 0 Å². The van der Waals surface area contributed by atoms with Crippen LogP contribution in [-0.2, 0) is 13.1 Å². The zero-order valence-corrected chi connectivity index (χ0v) is 15.8. The topological polar surface area (TPSA) is 43.8 Å². The number of carboxylic acids is 1. The maximum Gasteiger partial charge on any atom is 0.335 e. The van der Waals surface area contributed by atoms with Gasteiger partial charge in [0.05, 0.1) is 5.56 Å². The summed E-state index contributed by atoms with van der Waals surface area (Å²) in [5.41, 5.74) is 3.48. The molecule has 0 bridgehead atoms. The van der Waals surface area contributed by atoms with Crippen LogP contribution < -0.4 is 0 Å². The number of carboxylic acid groups (broad SMARTS) is 1. The molecular weight excluding hydrogens is 336 g/mol. The second-order valence-corrected chi connectivity index (χ2v) is 8.22. The predicted molar refractivity (Wildman–Crippen MR) is 107 cm³/mol. The van der Waals surface area contributed by atoms with E-state index in [0.717, 1.165) is 26.2 Å². The van der Waals surface area contributed by atoms with Gasteiger partial charge in [-0.2, -0.15) is 0 Å². The lowest BCUT2D eigenvalue weighted by atomic mass is 9.77. The van der Waals surface area contributed by atoms with Crippen LogP contribution in [0.5, 0.6) is 0 Å². The molecule has 0 unspecified atom stereocenters. The molecule has 142 valence electrons. The van der Waals surface area contributed by atoms with Crippen molar-refractivity contribution in [2.45, 2.75) is 32.4 Å². The standard InChI is InChI=1S/C23H28N2O2/c26-22(27)21-8-6-20(7-9-21)16-24-13-10-23(11-14-24)12-15-25(18-23)17-19-4-2-1-3-5-19/h1-9H,10-18H2,(H,26,27). The first-order valence-corrected chi connectivity index (χ1v) is 9.93. The summed E-state index contributed by atoms with van der Waals surface area (Å²) >= 11 is 0. The summed E-state index contributed by atoms with van der Waals surface area (Å²) in [6.07, 6.45) is 3.86. The summed E-state index contributed by atoms with van der Waals surface area (Å²) in [5.74, 6) is -0.859. The zero-order valence-electron chi connectivity index (χ0n) is 15.8. The van der Waals surface area contributed by atoms with Crippen molar-refractivity contribution in [3.05, 3.63) is 71.3 Å². The monoisotopic (exact) mass is 364 g/mol. The Morgan fingerprint density at radius 1 is 0.815 bits per heavy atom. The fraction of sp³-hybridized carbons (Fsp3) is 0.435. The third kappa shape index (κ3) is 4.40. The molecule has 4 heteroatoms. The SMILES string of the molecule is O=C(O)c1ccc(CN2CCC3(CC2)CCN(Cc2ccccc2)C3)cc1. The Balaban J connectivity index is 1.28. The van der Waals surface area contributed by atoms with Crippen LogP contribution in [0.15, 0.2) is 54.6 Å². The molecule has 0 saturated carbocycles. The molecule has 0 aliphatic carbocycles. The molecule has 2 saturated heterocycles. The molecule has 0 amide bonds. The number of aromatic carboxylic acids is 1. The van der Waals surface area contributed by atoms with Crippen molar-refractivity contribution in [3.8, 4) is 0 Å². The molecule has 2 aromatic rings. The molecule has 27 heavy (non-hydrogen) atoms. The Kier molecular flexibility index (Phi) is 5.28. The molecule has 4 rings (SSSR count). The quantitative estimate of drug-likeness (QED) is 0.875. The number of benzene rings is 2. The number of likely N-dealkylation sites (tertiary alicyclic amines) is 2. The number of hydrogen-bond acceptors (Lipinski definition) is 3. The highest BCUT2D eigenvalue weighted by Gasteiger charge is 2.40. The van der Waals surface area contributed by atoms with E-state index in [0.29, 0.717) is 11.0 Å². The van der Waals surface area contributed by atoms with Crippen molar-refractivity contribution < 1.29 is 9.90 Å². The van der Waals surface area contributed by atoms with Gasteiger partial charge >= 0.3 is 5.97 Å². The van der Waals surface area contributed by atoms with Gasteiger partial charge in [-0.15, -0.1) is 0 Å². The second kappa shape index (κ2) is 7.83. The fourth-order valence-electron chi connectivity index (χ4n) is 4.61. The minimum atomic E-state index is -0.859. The van der Waals surface area contributed by atoms with E-state index < -0.39 is 5.97 Å². The number of piperidine rings is 1. The largest absolute Gasteiger partial charge is 0.478 e. The molecule has 1 N–H and O–H groups in total. The van der Waals surface area contributed by atoms with Gasteiger partial charge in [0.2, 0.25) is 0 Å². The summed E-state index contributed by atoms with van der Waals surface area (Å²) in [6, 6.07) is 18.1. The van der Waals surface area contributed by atoms with Gasteiger partial charge in [-0.25, -0.2) is 4.79 Å². The smallest absolute Gasteiger partial charge is 0.335 e. The highest BCUT2D eigenvalue weighted by atomic mass is 16.4. The van der Waals surface area contributed by atoms with E-state index in [1.54, 1.807) is 12.1 Å². The number of hydrogen-bond donors (Lipinski definition) is 1. The normalized spacial score (nSPS) is 20.1. The predicted octanol–water partition coefficient (Wildman–Crippen LogP) is 3.87. The van der Waals surface area contributed by atoms with Gasteiger partial charge in [0.25, 0.3) is 0 Å². The van der Waals surface area contributed by atoms with Gasteiger partial charge in [-0.3, -0.25) is 9.80 Å². The Labute approximate surface area is 161 Å². The van der Waals surface area contributed by atoms with E-state index in [4.69, 9.17) is 5.11 Å². The lowest BCUT2D eigenvalue weighted by Gasteiger charge is -2.39. The van der Waals surface area contributed by atoms with E-state index in [2.05, 4.69) is 40.1 Å². The van der Waals surface area contributed by atoms with Crippen molar-refractivity contribution >= 4 is 5.97 Å². The third-order valence-corrected chi connectivity index (χ3v) is 6.29. The van der Waals surface area contributed by atoms with Gasteiger partial charge < -0.3 is 5.11 Å². The highest BCUT2D eigenvalue weighted by molar-refractivity contribution is 5.87. The van der Waals surface area contributed by atoms with Crippen LogP contribution in [0, 0.1) is 5.41 Å². The molecule has 1 spiro atoms. The van der Waals surface area contributed by atoms with Crippen molar-refractivity contribution in [2.24, 2.45) is 5.41 Å². The number of carbonyl (C=O) groups is 1. The van der Waals surface area contributed by atoms with E-state index >= 15 is 0 Å². The first kappa shape index (κ1) is 18.2. The average Bonchev–Trinajstić information content (AvgIpc) is 3.07. The molecule has 2 aromatic carbocycles. The number of rotatable bonds is 5. The van der Waals surface area contributed by atoms with E-state index in [9.17, 15) is 4.79 Å². The molecule has 2 aliphatic rings. The third-order valence-electron chi connectivity index (χ3n) is 6.29. The van der Waals surface area contributed by atoms with Crippen LogP contribution in [0.2, 0.25) is 0 Å². The first-order valence-electron chi connectivity index (χ1n) is 9.93. The molecule has 2 aliphatic heterocycles. The average molecular weight is 364 g/mol. The molecule has 4 nitrogen and oxygen atoms in total. The van der Waals surface area contributed by atoms with Gasteiger partial charge in [0.15, 0.2) is 0 Å². The maximum absolute atomic E-state index is 11.0. The van der Waals surface area contributed by atoms with Crippen LogP contribution in [0.1, 0.15) is 40.7 Å². The molecule has 2 fully saturated rings. The van der Waals surface area contributed by atoms with E-state index in [1.165, 1.54) is 43.5 Å². The van der Waals surface area contributed by atoms with Gasteiger partial charge in [0, 0.05) is 19.6 Å². The summed E-state index contributed by atoms with van der Waals surface area (Å²) in [6.45, 7) is 6.71. The van der Waals surface area contributed by atoms with Crippen LogP contribution in [-0.4, -0.2) is 47.1 Å². The second-order valence-electron chi connectivity index (χ2n) is 8.22. The van der Waals surface area contributed by atoms with E-state index in [-0.39, 0.29) is 0 Å². The Morgan fingerprint density at radius 2 is 1.37 bits per heavy atom. The van der Waals surface area contributed by atoms with Crippen molar-refractivity contribution in [1.29, 1.82) is 0 Å². The lowest BCUT2D eigenvalue weighted by Crippen LogP contribution is -2.41. The maximum atomic E-state index is 11.0. The summed E-state index contributed by atoms with van der Waals surface area (Å²) in [4.78, 5) is 16.1. The molecule has 0 atom stereocenters. The molecule has 0 aromatic heterocycles. The van der Waals surface area contributed by atoms with Crippen LogP contribution in [0.25, 0.3) is 0 Å². The molecule has 0 radical (unpaired) electrons. The summed E-state index contributed by atoms with van der Waals surface area (Å²) in [7, 11) is 0. The molecule has 2 heterocycles. The van der Waals surface area contributed by atoms with Gasteiger partial charge in [0.1, 0.15) is 0 Å². The molecular formula is C23H28N2O2. The minimum absolute atomic E-state index is 0.362. The summed E-state index contributed by atoms with van der Waals surface area (Å²) in [5, 5.41) is 9.02. The fourth-order valence-corrected chi connectivity index (χ4v) is 4.61. The number of nitrogens with zero attached hydrogens (tertiary/aromatic N) is 2. The Bertz CT molecular complexity index is 765. The lowest BCUT2D eigenvalue weighted by molar-refractivity contribution is 0.0696. The van der Waals surface area contributed by atoms with Gasteiger partial charge in [-0.1, -0.05) is 42.5 Å². The van der Waals surface area contributed by atoms with Crippen molar-refractivity contribution in [3.63, 3.8) is 0 Å². The Morgan fingerprint density at radius 3 is 2.00 bits per heavy atom. The minimum Gasteiger partial charge on any atom is -0.478 e. The van der Waals surface area contributed by atoms with Crippen molar-refractivity contribution in [2.75, 3.05) is 26.2 Å².